The summed E-state index contributed by atoms with van der Waals surface area (Å²) in [4.78, 5) is 19.2. The maximum absolute atomic E-state index is 12.5. The van der Waals surface area contributed by atoms with Gasteiger partial charge in [-0.25, -0.2) is 4.98 Å². The Kier molecular flexibility index (Phi) is 5.68. The van der Waals surface area contributed by atoms with Crippen LogP contribution < -0.4 is 15.5 Å². The first-order valence-corrected chi connectivity index (χ1v) is 9.71. The van der Waals surface area contributed by atoms with Crippen LogP contribution in [0.25, 0.3) is 0 Å². The number of nitrogens with one attached hydrogen (secondary N) is 2. The van der Waals surface area contributed by atoms with Gasteiger partial charge in [-0.15, -0.1) is 0 Å². The average Bonchev–Trinajstić information content (AvgIpc) is 2.62. The van der Waals surface area contributed by atoms with Crippen LogP contribution in [-0.4, -0.2) is 29.5 Å². The van der Waals surface area contributed by atoms with Gasteiger partial charge in [-0.2, -0.15) is 0 Å². The lowest BCUT2D eigenvalue weighted by molar-refractivity contribution is 0.102. The summed E-state index contributed by atoms with van der Waals surface area (Å²) in [5, 5.41) is 6.23. The van der Waals surface area contributed by atoms with E-state index in [4.69, 9.17) is 0 Å². The van der Waals surface area contributed by atoms with E-state index in [9.17, 15) is 4.79 Å². The van der Waals surface area contributed by atoms with Gasteiger partial charge in [0.05, 0.1) is 5.56 Å². The zero-order valence-corrected chi connectivity index (χ0v) is 16.7. The number of pyridine rings is 1. The van der Waals surface area contributed by atoms with Crippen molar-refractivity contribution >= 4 is 23.1 Å². The predicted octanol–water partition coefficient (Wildman–Crippen LogP) is 4.78. The Morgan fingerprint density at radius 1 is 1.07 bits per heavy atom. The number of aromatic nitrogens is 1. The minimum absolute atomic E-state index is 0.0646. The Balaban J connectivity index is 1.59. The molecule has 144 valence electrons. The summed E-state index contributed by atoms with van der Waals surface area (Å²) in [6.45, 7) is 10.7. The van der Waals surface area contributed by atoms with E-state index in [1.807, 2.05) is 18.2 Å². The van der Waals surface area contributed by atoms with Gasteiger partial charge < -0.3 is 15.5 Å². The molecule has 1 saturated heterocycles. The molecule has 0 atom stereocenters. The van der Waals surface area contributed by atoms with Gasteiger partial charge in [0.25, 0.3) is 5.91 Å². The quantitative estimate of drug-likeness (QED) is 0.817. The fraction of sp³-hybridized carbons (Fsp3) is 0.455. The number of carbonyl (C=O) groups is 1. The van der Waals surface area contributed by atoms with E-state index in [2.05, 4.69) is 60.3 Å². The van der Waals surface area contributed by atoms with Crippen molar-refractivity contribution in [2.24, 2.45) is 5.92 Å². The highest BCUT2D eigenvalue weighted by Gasteiger charge is 2.16. The summed E-state index contributed by atoms with van der Waals surface area (Å²) in [5.41, 5.74) is 2.50. The van der Waals surface area contributed by atoms with Crippen LogP contribution in [0.1, 0.15) is 50.9 Å². The maximum Gasteiger partial charge on any atom is 0.257 e. The molecule has 0 saturated carbocycles. The summed E-state index contributed by atoms with van der Waals surface area (Å²) < 4.78 is 0. The third-order valence-electron chi connectivity index (χ3n) is 4.80. The SMILES string of the molecule is CC1CCN(c2ccc(NC(=O)c3ccc(NC(C)(C)C)nc3)cc2)CC1. The van der Waals surface area contributed by atoms with Gasteiger partial charge in [0, 0.05) is 36.2 Å². The zero-order chi connectivity index (χ0) is 19.4. The van der Waals surface area contributed by atoms with Gasteiger partial charge in [-0.05, 0) is 75.9 Å². The number of carbonyl (C=O) groups excluding carboxylic acids is 1. The summed E-state index contributed by atoms with van der Waals surface area (Å²) in [5.74, 6) is 1.43. The number of nitrogens with zero attached hydrogens (tertiary/aromatic N) is 2. The Morgan fingerprint density at radius 2 is 1.74 bits per heavy atom. The normalized spacial score (nSPS) is 15.5. The van der Waals surface area contributed by atoms with Gasteiger partial charge in [-0.3, -0.25) is 4.79 Å². The summed E-state index contributed by atoms with van der Waals surface area (Å²) in [6.07, 6.45) is 4.09. The largest absolute Gasteiger partial charge is 0.372 e. The van der Waals surface area contributed by atoms with Crippen LogP contribution in [0.3, 0.4) is 0 Å². The molecular weight excluding hydrogens is 336 g/mol. The Hall–Kier alpha value is -2.56. The molecule has 1 aliphatic rings. The van der Waals surface area contributed by atoms with E-state index in [-0.39, 0.29) is 11.4 Å². The van der Waals surface area contributed by atoms with Crippen LogP contribution in [-0.2, 0) is 0 Å². The van der Waals surface area contributed by atoms with Crippen molar-refractivity contribution in [3.05, 3.63) is 48.2 Å². The smallest absolute Gasteiger partial charge is 0.257 e. The predicted molar refractivity (Wildman–Crippen MR) is 113 cm³/mol. The first kappa shape index (κ1) is 19.2. The van der Waals surface area contributed by atoms with E-state index in [1.165, 1.54) is 18.5 Å². The van der Waals surface area contributed by atoms with Crippen molar-refractivity contribution in [2.75, 3.05) is 28.6 Å². The molecule has 0 unspecified atom stereocenters. The molecule has 1 amide bonds. The monoisotopic (exact) mass is 366 g/mol. The molecule has 1 aromatic carbocycles. The Labute approximate surface area is 162 Å². The molecule has 0 aliphatic carbocycles. The fourth-order valence-corrected chi connectivity index (χ4v) is 3.21. The van der Waals surface area contributed by atoms with Crippen molar-refractivity contribution in [3.8, 4) is 0 Å². The second-order valence-electron chi connectivity index (χ2n) is 8.48. The van der Waals surface area contributed by atoms with Crippen molar-refractivity contribution in [2.45, 2.75) is 46.1 Å². The lowest BCUT2D eigenvalue weighted by atomic mass is 9.99. The number of benzene rings is 1. The van der Waals surface area contributed by atoms with E-state index in [0.29, 0.717) is 5.56 Å². The third kappa shape index (κ3) is 5.46. The minimum Gasteiger partial charge on any atom is -0.372 e. The minimum atomic E-state index is -0.149. The highest BCUT2D eigenvalue weighted by atomic mass is 16.1. The molecule has 0 bridgehead atoms. The van der Waals surface area contributed by atoms with Gasteiger partial charge in [-0.1, -0.05) is 6.92 Å². The van der Waals surface area contributed by atoms with E-state index in [0.717, 1.165) is 30.5 Å². The van der Waals surface area contributed by atoms with Crippen LogP contribution in [0.5, 0.6) is 0 Å². The first-order chi connectivity index (χ1) is 12.8. The fourth-order valence-electron chi connectivity index (χ4n) is 3.21. The number of anilines is 3. The lowest BCUT2D eigenvalue weighted by Crippen LogP contribution is -2.32. The highest BCUT2D eigenvalue weighted by molar-refractivity contribution is 6.04. The van der Waals surface area contributed by atoms with E-state index < -0.39 is 0 Å². The summed E-state index contributed by atoms with van der Waals surface area (Å²) >= 11 is 0. The van der Waals surface area contributed by atoms with Crippen LogP contribution in [0.4, 0.5) is 17.2 Å². The van der Waals surface area contributed by atoms with Crippen LogP contribution in [0, 0.1) is 5.92 Å². The number of rotatable bonds is 4. The molecule has 0 spiro atoms. The molecule has 1 aliphatic heterocycles. The zero-order valence-electron chi connectivity index (χ0n) is 16.7. The van der Waals surface area contributed by atoms with Gasteiger partial charge in [0.2, 0.25) is 0 Å². The second-order valence-corrected chi connectivity index (χ2v) is 8.48. The topological polar surface area (TPSA) is 57.3 Å². The van der Waals surface area contributed by atoms with Crippen molar-refractivity contribution in [3.63, 3.8) is 0 Å². The number of hydrogen-bond acceptors (Lipinski definition) is 4. The maximum atomic E-state index is 12.5. The van der Waals surface area contributed by atoms with Crippen molar-refractivity contribution in [1.29, 1.82) is 0 Å². The summed E-state index contributed by atoms with van der Waals surface area (Å²) in [7, 11) is 0. The second kappa shape index (κ2) is 7.99. The first-order valence-electron chi connectivity index (χ1n) is 9.71. The Bertz CT molecular complexity index is 754. The highest BCUT2D eigenvalue weighted by Crippen LogP contribution is 2.24. The lowest BCUT2D eigenvalue weighted by Gasteiger charge is -2.32. The molecule has 5 nitrogen and oxygen atoms in total. The number of hydrogen-bond donors (Lipinski definition) is 2. The van der Waals surface area contributed by atoms with Crippen molar-refractivity contribution in [1.82, 2.24) is 4.98 Å². The van der Waals surface area contributed by atoms with Crippen LogP contribution in [0.2, 0.25) is 0 Å². The molecule has 1 aromatic heterocycles. The van der Waals surface area contributed by atoms with Crippen LogP contribution >= 0.6 is 0 Å². The molecule has 2 N–H and O–H groups in total. The molecule has 2 heterocycles. The number of piperidine rings is 1. The van der Waals surface area contributed by atoms with E-state index >= 15 is 0 Å². The molecule has 3 rings (SSSR count). The molecule has 5 heteroatoms. The third-order valence-corrected chi connectivity index (χ3v) is 4.80. The van der Waals surface area contributed by atoms with Gasteiger partial charge in [0.1, 0.15) is 5.82 Å². The van der Waals surface area contributed by atoms with Gasteiger partial charge >= 0.3 is 0 Å². The molecule has 2 aromatic rings. The summed E-state index contributed by atoms with van der Waals surface area (Å²) in [6, 6.07) is 11.7. The van der Waals surface area contributed by atoms with Gasteiger partial charge in [0.15, 0.2) is 0 Å². The standard InChI is InChI=1S/C22H30N4O/c1-16-11-13-26(14-12-16)19-8-6-18(7-9-19)24-21(27)17-5-10-20(23-15-17)25-22(2,3)4/h5-10,15-16H,11-14H2,1-4H3,(H,23,25)(H,24,27). The van der Waals surface area contributed by atoms with Crippen molar-refractivity contribution < 1.29 is 4.79 Å². The van der Waals surface area contributed by atoms with Crippen LogP contribution in [0.15, 0.2) is 42.6 Å². The molecule has 1 fully saturated rings. The average molecular weight is 367 g/mol. The molecule has 0 radical (unpaired) electrons. The Morgan fingerprint density at radius 3 is 2.30 bits per heavy atom. The molecular formula is C22H30N4O. The molecule has 27 heavy (non-hydrogen) atoms. The van der Waals surface area contributed by atoms with E-state index in [1.54, 1.807) is 12.3 Å². The number of amides is 1.